The molecule has 0 aromatic heterocycles. The molecule has 24 heavy (non-hydrogen) atoms. The lowest BCUT2D eigenvalue weighted by atomic mass is 9.83. The Kier molecular flexibility index (Phi) is 4.23. The fraction of sp³-hybridized carbons (Fsp3) is 0.500. The van der Waals surface area contributed by atoms with Gasteiger partial charge in [-0.1, -0.05) is 30.7 Å². The van der Waals surface area contributed by atoms with E-state index in [1.54, 1.807) is 18.2 Å². The summed E-state index contributed by atoms with van der Waals surface area (Å²) in [6.07, 6.45) is 7.81. The van der Waals surface area contributed by atoms with Gasteiger partial charge in [-0.3, -0.25) is 9.59 Å². The highest BCUT2D eigenvalue weighted by atomic mass is 16.1. The molecular formula is C20H24N2O2. The molecule has 4 heteroatoms. The van der Waals surface area contributed by atoms with Crippen LogP contribution in [-0.4, -0.2) is 42.1 Å². The van der Waals surface area contributed by atoms with E-state index in [2.05, 4.69) is 10.2 Å². The Morgan fingerprint density at radius 3 is 2.67 bits per heavy atom. The number of piperidine rings is 2. The van der Waals surface area contributed by atoms with Gasteiger partial charge in [0.15, 0.2) is 5.78 Å². The van der Waals surface area contributed by atoms with Crippen molar-refractivity contribution in [2.75, 3.05) is 19.6 Å². The van der Waals surface area contributed by atoms with Crippen LogP contribution in [0.25, 0.3) is 0 Å². The molecule has 0 radical (unpaired) electrons. The Balaban J connectivity index is 1.46. The number of nitrogens with zero attached hydrogens (tertiary/aromatic N) is 1. The number of rotatable bonds is 3. The number of benzene rings is 1. The van der Waals surface area contributed by atoms with Crippen LogP contribution in [0.1, 0.15) is 52.8 Å². The summed E-state index contributed by atoms with van der Waals surface area (Å²) in [5.74, 6) is 0.442. The van der Waals surface area contributed by atoms with E-state index in [1.165, 1.54) is 51.3 Å². The third-order valence-corrected chi connectivity index (χ3v) is 5.74. The van der Waals surface area contributed by atoms with Crippen molar-refractivity contribution >= 4 is 11.6 Å². The summed E-state index contributed by atoms with van der Waals surface area (Å²) in [6, 6.07) is 7.73. The number of hydrogen-bond donors (Lipinski definition) is 1. The molecule has 2 heterocycles. The molecule has 0 saturated carbocycles. The second-order valence-corrected chi connectivity index (χ2v) is 7.18. The predicted octanol–water partition coefficient (Wildman–Crippen LogP) is 2.80. The first-order valence-corrected chi connectivity index (χ1v) is 9.12. The van der Waals surface area contributed by atoms with Gasteiger partial charge < -0.3 is 10.2 Å². The highest BCUT2D eigenvalue weighted by molar-refractivity contribution is 6.24. The SMILES string of the molecule is O=C1C=C(NC[C@@H]2CCCN3CCCC[C@H]23)C(=O)c2ccccc21. The number of allylic oxidation sites excluding steroid dienone is 2. The number of carbonyl (C=O) groups excluding carboxylic acids is 2. The molecule has 1 aliphatic carbocycles. The molecule has 1 aromatic carbocycles. The maximum Gasteiger partial charge on any atom is 0.209 e. The molecule has 4 nitrogen and oxygen atoms in total. The summed E-state index contributed by atoms with van der Waals surface area (Å²) < 4.78 is 0. The number of nitrogens with one attached hydrogen (secondary N) is 1. The van der Waals surface area contributed by atoms with Gasteiger partial charge in [-0.05, 0) is 44.7 Å². The number of fused-ring (bicyclic) bond motifs is 2. The summed E-state index contributed by atoms with van der Waals surface area (Å²) in [6.45, 7) is 3.22. The van der Waals surface area contributed by atoms with E-state index in [1.807, 2.05) is 6.07 Å². The Morgan fingerprint density at radius 2 is 1.79 bits per heavy atom. The van der Waals surface area contributed by atoms with Crippen LogP contribution in [0.4, 0.5) is 0 Å². The Bertz CT molecular complexity index is 693. The van der Waals surface area contributed by atoms with Crippen molar-refractivity contribution in [2.45, 2.75) is 38.1 Å². The zero-order valence-corrected chi connectivity index (χ0v) is 14.0. The monoisotopic (exact) mass is 324 g/mol. The van der Waals surface area contributed by atoms with Crippen LogP contribution in [0.2, 0.25) is 0 Å². The van der Waals surface area contributed by atoms with Gasteiger partial charge in [0, 0.05) is 29.8 Å². The lowest BCUT2D eigenvalue weighted by Crippen LogP contribution is -2.50. The fourth-order valence-electron chi connectivity index (χ4n) is 4.50. The molecule has 2 aliphatic heterocycles. The first-order valence-electron chi connectivity index (χ1n) is 9.12. The molecule has 0 bridgehead atoms. The van der Waals surface area contributed by atoms with E-state index in [4.69, 9.17) is 0 Å². The minimum atomic E-state index is -0.0735. The van der Waals surface area contributed by atoms with Crippen molar-refractivity contribution in [1.29, 1.82) is 0 Å². The normalized spacial score (nSPS) is 27.2. The van der Waals surface area contributed by atoms with E-state index in [0.717, 1.165) is 6.54 Å². The van der Waals surface area contributed by atoms with E-state index >= 15 is 0 Å². The zero-order valence-electron chi connectivity index (χ0n) is 14.0. The Morgan fingerprint density at radius 1 is 1.00 bits per heavy atom. The van der Waals surface area contributed by atoms with Gasteiger partial charge in [-0.15, -0.1) is 0 Å². The van der Waals surface area contributed by atoms with Crippen LogP contribution in [0, 0.1) is 5.92 Å². The van der Waals surface area contributed by atoms with Crippen LogP contribution in [0.3, 0.4) is 0 Å². The molecule has 3 aliphatic rings. The molecule has 126 valence electrons. The van der Waals surface area contributed by atoms with Crippen LogP contribution < -0.4 is 5.32 Å². The standard InChI is InChI=1S/C20H24N2O2/c23-19-12-17(20(24)16-8-2-1-7-15(16)19)21-13-14-6-5-11-22-10-4-3-9-18(14)22/h1-2,7-8,12,14,18,21H,3-6,9-11,13H2/t14-,18+/m0/s1. The van der Waals surface area contributed by atoms with Crippen LogP contribution in [-0.2, 0) is 0 Å². The lowest BCUT2D eigenvalue weighted by molar-refractivity contribution is 0.0602. The molecule has 0 spiro atoms. The first-order chi connectivity index (χ1) is 11.7. The fourth-order valence-corrected chi connectivity index (χ4v) is 4.50. The lowest BCUT2D eigenvalue weighted by Gasteiger charge is -2.44. The van der Waals surface area contributed by atoms with Gasteiger partial charge in [0.25, 0.3) is 0 Å². The third-order valence-electron chi connectivity index (χ3n) is 5.74. The Labute approximate surface area is 142 Å². The second-order valence-electron chi connectivity index (χ2n) is 7.18. The smallest absolute Gasteiger partial charge is 0.209 e. The summed E-state index contributed by atoms with van der Waals surface area (Å²) in [5, 5.41) is 3.31. The summed E-state index contributed by atoms with van der Waals surface area (Å²) >= 11 is 0. The van der Waals surface area contributed by atoms with Gasteiger partial charge in [0.1, 0.15) is 0 Å². The van der Waals surface area contributed by atoms with E-state index < -0.39 is 0 Å². The minimum absolute atomic E-state index is 0.0542. The van der Waals surface area contributed by atoms with Crippen molar-refractivity contribution in [2.24, 2.45) is 5.92 Å². The summed E-state index contributed by atoms with van der Waals surface area (Å²) in [5.41, 5.74) is 1.51. The molecular weight excluding hydrogens is 300 g/mol. The quantitative estimate of drug-likeness (QED) is 0.929. The van der Waals surface area contributed by atoms with Gasteiger partial charge in [-0.2, -0.15) is 0 Å². The molecule has 0 unspecified atom stereocenters. The number of carbonyl (C=O) groups is 2. The Hall–Kier alpha value is -1.94. The van der Waals surface area contributed by atoms with Crippen LogP contribution in [0.15, 0.2) is 36.0 Å². The van der Waals surface area contributed by atoms with Crippen molar-refractivity contribution < 1.29 is 9.59 Å². The van der Waals surface area contributed by atoms with E-state index in [0.29, 0.717) is 28.8 Å². The van der Waals surface area contributed by atoms with Crippen LogP contribution >= 0.6 is 0 Å². The number of Topliss-reactive ketones (excluding diaryl/α,β-unsaturated/α-hetero) is 1. The number of ketones is 2. The van der Waals surface area contributed by atoms with Gasteiger partial charge in [-0.25, -0.2) is 0 Å². The summed E-state index contributed by atoms with van der Waals surface area (Å²) in [4.78, 5) is 27.5. The van der Waals surface area contributed by atoms with E-state index in [-0.39, 0.29) is 11.6 Å². The highest BCUT2D eigenvalue weighted by Gasteiger charge is 2.33. The number of hydrogen-bond acceptors (Lipinski definition) is 4. The topological polar surface area (TPSA) is 49.4 Å². The maximum absolute atomic E-state index is 12.6. The van der Waals surface area contributed by atoms with Crippen molar-refractivity contribution in [3.8, 4) is 0 Å². The zero-order chi connectivity index (χ0) is 16.5. The van der Waals surface area contributed by atoms with Crippen molar-refractivity contribution in [3.63, 3.8) is 0 Å². The third kappa shape index (κ3) is 2.80. The highest BCUT2D eigenvalue weighted by Crippen LogP contribution is 2.31. The maximum atomic E-state index is 12.6. The molecule has 0 amide bonds. The minimum Gasteiger partial charge on any atom is -0.381 e. The van der Waals surface area contributed by atoms with Gasteiger partial charge in [0.05, 0.1) is 5.70 Å². The molecule has 1 aromatic rings. The molecule has 2 atom stereocenters. The van der Waals surface area contributed by atoms with Crippen molar-refractivity contribution in [1.82, 2.24) is 10.2 Å². The average molecular weight is 324 g/mol. The second kappa shape index (κ2) is 6.52. The molecule has 2 fully saturated rings. The molecule has 4 rings (SSSR count). The molecule has 1 N–H and O–H groups in total. The first kappa shape index (κ1) is 15.6. The molecule has 2 saturated heterocycles. The van der Waals surface area contributed by atoms with E-state index in [9.17, 15) is 9.59 Å². The predicted molar refractivity (Wildman–Crippen MR) is 93.1 cm³/mol. The van der Waals surface area contributed by atoms with Crippen LogP contribution in [0.5, 0.6) is 0 Å². The van der Waals surface area contributed by atoms with Gasteiger partial charge in [0.2, 0.25) is 5.78 Å². The largest absolute Gasteiger partial charge is 0.381 e. The van der Waals surface area contributed by atoms with Crippen molar-refractivity contribution in [3.05, 3.63) is 47.2 Å². The summed E-state index contributed by atoms with van der Waals surface area (Å²) in [7, 11) is 0. The van der Waals surface area contributed by atoms with Gasteiger partial charge >= 0.3 is 0 Å². The average Bonchev–Trinajstić information content (AvgIpc) is 2.63.